The molecule has 0 saturated carbocycles. The summed E-state index contributed by atoms with van der Waals surface area (Å²) in [6.45, 7) is 1.61. The fraction of sp³-hybridized carbons (Fsp3) is 0.438. The van der Waals surface area contributed by atoms with Crippen molar-refractivity contribution in [1.29, 1.82) is 5.26 Å². The third-order valence-corrected chi connectivity index (χ3v) is 3.63. The standard InChI is InChI=1S/C16H18FNO4/c1-11(15(21)22-2)9-16(10-18,8-7-14(19)20)12-3-5-13(17)6-4-12/h3-6,11H,7-9H2,1-2H3,(H,19,20). The van der Waals surface area contributed by atoms with Crippen molar-refractivity contribution >= 4 is 11.9 Å². The first-order valence-corrected chi connectivity index (χ1v) is 6.81. The molecular formula is C16H18FNO4. The van der Waals surface area contributed by atoms with E-state index in [2.05, 4.69) is 10.8 Å². The Bertz CT molecular complexity index is 579. The van der Waals surface area contributed by atoms with Crippen LogP contribution in [0.25, 0.3) is 0 Å². The predicted molar refractivity (Wildman–Crippen MR) is 76.4 cm³/mol. The molecule has 0 aliphatic carbocycles. The zero-order valence-corrected chi connectivity index (χ0v) is 12.5. The Labute approximate surface area is 128 Å². The van der Waals surface area contributed by atoms with E-state index in [0.29, 0.717) is 5.56 Å². The summed E-state index contributed by atoms with van der Waals surface area (Å²) < 4.78 is 17.7. The van der Waals surface area contributed by atoms with Crippen molar-refractivity contribution in [2.75, 3.05) is 7.11 Å². The second-order valence-electron chi connectivity index (χ2n) is 5.22. The Hall–Kier alpha value is -2.42. The number of carboxylic acids is 1. The molecule has 0 fully saturated rings. The van der Waals surface area contributed by atoms with E-state index in [0.717, 1.165) is 0 Å². The molecule has 0 aliphatic heterocycles. The molecule has 2 unspecified atom stereocenters. The summed E-state index contributed by atoms with van der Waals surface area (Å²) in [5.41, 5.74) is -0.687. The van der Waals surface area contributed by atoms with Gasteiger partial charge < -0.3 is 9.84 Å². The van der Waals surface area contributed by atoms with Crippen LogP contribution in [0.2, 0.25) is 0 Å². The summed E-state index contributed by atoms with van der Waals surface area (Å²) >= 11 is 0. The summed E-state index contributed by atoms with van der Waals surface area (Å²) in [5, 5.41) is 18.5. The predicted octanol–water partition coefficient (Wildman–Crippen LogP) is 2.65. The van der Waals surface area contributed by atoms with Gasteiger partial charge in [-0.25, -0.2) is 4.39 Å². The first-order valence-electron chi connectivity index (χ1n) is 6.81. The highest BCUT2D eigenvalue weighted by Crippen LogP contribution is 2.36. The van der Waals surface area contributed by atoms with E-state index in [4.69, 9.17) is 5.11 Å². The molecule has 0 aromatic heterocycles. The van der Waals surface area contributed by atoms with Gasteiger partial charge in [0, 0.05) is 6.42 Å². The van der Waals surface area contributed by atoms with E-state index in [1.165, 1.54) is 31.4 Å². The number of methoxy groups -OCH3 is 1. The fourth-order valence-electron chi connectivity index (χ4n) is 2.43. The van der Waals surface area contributed by atoms with Gasteiger partial charge in [0.2, 0.25) is 0 Å². The number of hydrogen-bond acceptors (Lipinski definition) is 4. The van der Waals surface area contributed by atoms with Crippen molar-refractivity contribution in [2.45, 2.75) is 31.6 Å². The van der Waals surface area contributed by atoms with Crippen molar-refractivity contribution in [2.24, 2.45) is 5.92 Å². The number of nitrogens with zero attached hydrogens (tertiary/aromatic N) is 1. The number of halogens is 1. The minimum atomic E-state index is -1.18. The number of benzene rings is 1. The van der Waals surface area contributed by atoms with Crippen molar-refractivity contribution in [1.82, 2.24) is 0 Å². The van der Waals surface area contributed by atoms with Crippen molar-refractivity contribution in [3.63, 3.8) is 0 Å². The smallest absolute Gasteiger partial charge is 0.308 e. The van der Waals surface area contributed by atoms with Crippen LogP contribution >= 0.6 is 0 Å². The Kier molecular flexibility index (Phi) is 6.05. The Morgan fingerprint density at radius 1 is 1.41 bits per heavy atom. The second-order valence-corrected chi connectivity index (χ2v) is 5.22. The normalized spacial score (nSPS) is 14.5. The number of carboxylic acid groups (broad SMARTS) is 1. The lowest BCUT2D eigenvalue weighted by Crippen LogP contribution is -2.30. The van der Waals surface area contributed by atoms with Crippen molar-refractivity contribution in [3.05, 3.63) is 35.6 Å². The number of hydrogen-bond donors (Lipinski definition) is 1. The van der Waals surface area contributed by atoms with Gasteiger partial charge in [-0.05, 0) is 30.5 Å². The van der Waals surface area contributed by atoms with Crippen LogP contribution in [-0.4, -0.2) is 24.2 Å². The molecule has 0 heterocycles. The van der Waals surface area contributed by atoms with Gasteiger partial charge >= 0.3 is 11.9 Å². The molecule has 1 aromatic carbocycles. The fourth-order valence-corrected chi connectivity index (χ4v) is 2.43. The van der Waals surface area contributed by atoms with E-state index >= 15 is 0 Å². The lowest BCUT2D eigenvalue weighted by atomic mass is 9.72. The zero-order chi connectivity index (χ0) is 16.8. The maximum atomic E-state index is 13.1. The van der Waals surface area contributed by atoms with Crippen LogP contribution in [0.5, 0.6) is 0 Å². The average molecular weight is 307 g/mol. The quantitative estimate of drug-likeness (QED) is 0.782. The maximum absolute atomic E-state index is 13.1. The SMILES string of the molecule is COC(=O)C(C)CC(C#N)(CCC(=O)O)c1ccc(F)cc1. The largest absolute Gasteiger partial charge is 0.481 e. The zero-order valence-electron chi connectivity index (χ0n) is 12.5. The molecule has 118 valence electrons. The molecule has 0 radical (unpaired) electrons. The minimum Gasteiger partial charge on any atom is -0.481 e. The molecular weight excluding hydrogens is 289 g/mol. The molecule has 5 nitrogen and oxygen atoms in total. The summed E-state index contributed by atoms with van der Waals surface area (Å²) in [7, 11) is 1.25. The highest BCUT2D eigenvalue weighted by molar-refractivity contribution is 5.72. The van der Waals surface area contributed by atoms with Crippen LogP contribution < -0.4 is 0 Å². The number of rotatable bonds is 7. The Balaban J connectivity index is 3.17. The van der Waals surface area contributed by atoms with Gasteiger partial charge in [0.15, 0.2) is 0 Å². The van der Waals surface area contributed by atoms with Gasteiger partial charge in [0.1, 0.15) is 5.82 Å². The maximum Gasteiger partial charge on any atom is 0.308 e. The van der Waals surface area contributed by atoms with Crippen LogP contribution in [0, 0.1) is 23.1 Å². The van der Waals surface area contributed by atoms with Crippen molar-refractivity contribution in [3.8, 4) is 6.07 Å². The molecule has 0 amide bonds. The topological polar surface area (TPSA) is 87.4 Å². The summed E-state index contributed by atoms with van der Waals surface area (Å²) in [6.07, 6.45) is -0.0836. The molecule has 1 aromatic rings. The third kappa shape index (κ3) is 4.29. The van der Waals surface area contributed by atoms with Crippen LogP contribution in [0.15, 0.2) is 24.3 Å². The second kappa shape index (κ2) is 7.55. The summed E-state index contributed by atoms with van der Waals surface area (Å²) in [6, 6.07) is 7.45. The lowest BCUT2D eigenvalue weighted by Gasteiger charge is -2.29. The van der Waals surface area contributed by atoms with E-state index in [-0.39, 0.29) is 19.3 Å². The van der Waals surface area contributed by atoms with Gasteiger partial charge in [-0.15, -0.1) is 0 Å². The lowest BCUT2D eigenvalue weighted by molar-refractivity contribution is -0.145. The number of carbonyl (C=O) groups is 2. The van der Waals surface area contributed by atoms with Gasteiger partial charge in [-0.2, -0.15) is 5.26 Å². The molecule has 1 rings (SSSR count). The first-order chi connectivity index (χ1) is 10.3. The van der Waals surface area contributed by atoms with Crippen LogP contribution in [-0.2, 0) is 19.7 Å². The molecule has 22 heavy (non-hydrogen) atoms. The Morgan fingerprint density at radius 2 is 2.00 bits per heavy atom. The van der Waals surface area contributed by atoms with E-state index in [9.17, 15) is 19.2 Å². The minimum absolute atomic E-state index is 0.0335. The monoisotopic (exact) mass is 307 g/mol. The van der Waals surface area contributed by atoms with Gasteiger partial charge in [-0.1, -0.05) is 19.1 Å². The molecule has 0 saturated heterocycles. The first kappa shape index (κ1) is 17.6. The van der Waals surface area contributed by atoms with Crippen LogP contribution in [0.3, 0.4) is 0 Å². The summed E-state index contributed by atoms with van der Waals surface area (Å²) in [5.74, 6) is -2.54. The van der Waals surface area contributed by atoms with Gasteiger partial charge in [0.05, 0.1) is 24.5 Å². The van der Waals surface area contributed by atoms with Gasteiger partial charge in [-0.3, -0.25) is 9.59 Å². The van der Waals surface area contributed by atoms with Crippen LogP contribution in [0.1, 0.15) is 31.7 Å². The average Bonchev–Trinajstić information content (AvgIpc) is 2.51. The molecule has 0 bridgehead atoms. The third-order valence-electron chi connectivity index (χ3n) is 3.63. The molecule has 0 aliphatic rings. The molecule has 6 heteroatoms. The van der Waals surface area contributed by atoms with Crippen LogP contribution in [0.4, 0.5) is 4.39 Å². The number of ether oxygens (including phenoxy) is 1. The van der Waals surface area contributed by atoms with E-state index in [1.54, 1.807) is 6.92 Å². The molecule has 0 spiro atoms. The highest BCUT2D eigenvalue weighted by Gasteiger charge is 2.36. The van der Waals surface area contributed by atoms with Crippen molar-refractivity contribution < 1.29 is 23.8 Å². The Morgan fingerprint density at radius 3 is 2.45 bits per heavy atom. The van der Waals surface area contributed by atoms with E-state index in [1.807, 2.05) is 0 Å². The number of nitriles is 1. The number of aliphatic carboxylic acids is 1. The molecule has 1 N–H and O–H groups in total. The van der Waals surface area contributed by atoms with Gasteiger partial charge in [0.25, 0.3) is 0 Å². The molecule has 2 atom stereocenters. The number of carbonyl (C=O) groups excluding carboxylic acids is 1. The highest BCUT2D eigenvalue weighted by atomic mass is 19.1. The summed E-state index contributed by atoms with van der Waals surface area (Å²) in [4.78, 5) is 22.5. The van der Waals surface area contributed by atoms with E-state index < -0.39 is 29.1 Å². The number of esters is 1.